The first-order valence-electron chi connectivity index (χ1n) is 6.35. The van der Waals surface area contributed by atoms with Crippen molar-refractivity contribution in [2.75, 3.05) is 12.3 Å². The first-order chi connectivity index (χ1) is 9.54. The number of carbonyl (C=O) groups excluding carboxylic acids is 1. The van der Waals surface area contributed by atoms with Crippen molar-refractivity contribution < 1.29 is 9.90 Å². The second-order valence-electron chi connectivity index (χ2n) is 4.45. The molecule has 1 amide bonds. The van der Waals surface area contributed by atoms with E-state index in [-0.39, 0.29) is 12.5 Å². The SMILES string of the molecule is CCn1nc(C)c(N)c1C(=O)NCC(O)c1ccsc1. The number of anilines is 1. The van der Waals surface area contributed by atoms with Crippen LogP contribution in [0.25, 0.3) is 0 Å². The molecule has 6 nitrogen and oxygen atoms in total. The van der Waals surface area contributed by atoms with Crippen LogP contribution in [-0.4, -0.2) is 27.3 Å². The molecule has 0 spiro atoms. The minimum Gasteiger partial charge on any atom is -0.395 e. The number of aliphatic hydroxyl groups excluding tert-OH is 1. The lowest BCUT2D eigenvalue weighted by molar-refractivity contribution is 0.0907. The summed E-state index contributed by atoms with van der Waals surface area (Å²) in [6, 6.07) is 1.83. The fourth-order valence-electron chi connectivity index (χ4n) is 1.92. The summed E-state index contributed by atoms with van der Waals surface area (Å²) in [5.41, 5.74) is 8.04. The lowest BCUT2D eigenvalue weighted by atomic mass is 10.2. The highest BCUT2D eigenvalue weighted by molar-refractivity contribution is 7.07. The number of amides is 1. The number of aryl methyl sites for hydroxylation is 2. The number of thiophene rings is 1. The maximum atomic E-state index is 12.2. The molecule has 2 heterocycles. The van der Waals surface area contributed by atoms with Gasteiger partial charge in [0.05, 0.1) is 17.5 Å². The summed E-state index contributed by atoms with van der Waals surface area (Å²) >= 11 is 1.50. The van der Waals surface area contributed by atoms with E-state index in [2.05, 4.69) is 10.4 Å². The van der Waals surface area contributed by atoms with E-state index in [9.17, 15) is 9.90 Å². The van der Waals surface area contributed by atoms with Gasteiger partial charge in [0, 0.05) is 13.1 Å². The molecule has 0 aliphatic rings. The number of aromatic nitrogens is 2. The second-order valence-corrected chi connectivity index (χ2v) is 5.23. The van der Waals surface area contributed by atoms with E-state index in [1.807, 2.05) is 23.8 Å². The topological polar surface area (TPSA) is 93.2 Å². The number of nitrogens with two attached hydrogens (primary N) is 1. The molecule has 0 radical (unpaired) electrons. The van der Waals surface area contributed by atoms with Gasteiger partial charge in [-0.25, -0.2) is 0 Å². The average Bonchev–Trinajstić information content (AvgIpc) is 3.05. The van der Waals surface area contributed by atoms with E-state index in [1.165, 1.54) is 11.3 Å². The predicted molar refractivity (Wildman–Crippen MR) is 78.7 cm³/mol. The highest BCUT2D eigenvalue weighted by Gasteiger charge is 2.19. The van der Waals surface area contributed by atoms with Crippen molar-refractivity contribution in [3.05, 3.63) is 33.8 Å². The third-order valence-corrected chi connectivity index (χ3v) is 3.77. The molecule has 2 rings (SSSR count). The van der Waals surface area contributed by atoms with Gasteiger partial charge in [-0.05, 0) is 36.2 Å². The van der Waals surface area contributed by atoms with E-state index in [4.69, 9.17) is 5.73 Å². The zero-order chi connectivity index (χ0) is 14.7. The Morgan fingerprint density at radius 2 is 2.40 bits per heavy atom. The Morgan fingerprint density at radius 1 is 1.65 bits per heavy atom. The van der Waals surface area contributed by atoms with Crippen LogP contribution in [0.2, 0.25) is 0 Å². The van der Waals surface area contributed by atoms with Crippen molar-refractivity contribution in [3.8, 4) is 0 Å². The fraction of sp³-hybridized carbons (Fsp3) is 0.385. The van der Waals surface area contributed by atoms with Gasteiger partial charge in [0.1, 0.15) is 5.69 Å². The minimum absolute atomic E-state index is 0.142. The maximum absolute atomic E-state index is 12.2. The van der Waals surface area contributed by atoms with Gasteiger partial charge in [-0.15, -0.1) is 0 Å². The highest BCUT2D eigenvalue weighted by atomic mass is 32.1. The van der Waals surface area contributed by atoms with Gasteiger partial charge < -0.3 is 16.2 Å². The Kier molecular flexibility index (Phi) is 4.41. The summed E-state index contributed by atoms with van der Waals surface area (Å²) in [4.78, 5) is 12.2. The highest BCUT2D eigenvalue weighted by Crippen LogP contribution is 2.18. The van der Waals surface area contributed by atoms with Gasteiger partial charge >= 0.3 is 0 Å². The Bertz CT molecular complexity index is 592. The van der Waals surface area contributed by atoms with Crippen molar-refractivity contribution in [2.24, 2.45) is 0 Å². The number of carbonyl (C=O) groups is 1. The molecule has 0 fully saturated rings. The summed E-state index contributed by atoms with van der Waals surface area (Å²) in [6.07, 6.45) is -0.717. The number of nitrogens with zero attached hydrogens (tertiary/aromatic N) is 2. The number of hydrogen-bond acceptors (Lipinski definition) is 5. The van der Waals surface area contributed by atoms with Crippen molar-refractivity contribution in [1.82, 2.24) is 15.1 Å². The van der Waals surface area contributed by atoms with Crippen LogP contribution < -0.4 is 11.1 Å². The smallest absolute Gasteiger partial charge is 0.271 e. The number of nitrogens with one attached hydrogen (secondary N) is 1. The molecular weight excluding hydrogens is 276 g/mol. The molecule has 4 N–H and O–H groups in total. The summed E-state index contributed by atoms with van der Waals surface area (Å²) < 4.78 is 1.57. The number of rotatable bonds is 5. The predicted octanol–water partition coefficient (Wildman–Crippen LogP) is 1.32. The Morgan fingerprint density at radius 3 is 3.00 bits per heavy atom. The first kappa shape index (κ1) is 14.5. The fourth-order valence-corrected chi connectivity index (χ4v) is 2.63. The van der Waals surface area contributed by atoms with Crippen molar-refractivity contribution in [1.29, 1.82) is 0 Å². The van der Waals surface area contributed by atoms with Crippen LogP contribution in [0.4, 0.5) is 5.69 Å². The number of nitrogen functional groups attached to an aromatic ring is 1. The van der Waals surface area contributed by atoms with Gasteiger partial charge in [0.15, 0.2) is 0 Å². The van der Waals surface area contributed by atoms with Crippen LogP contribution in [0.15, 0.2) is 16.8 Å². The van der Waals surface area contributed by atoms with Crippen molar-refractivity contribution >= 4 is 22.9 Å². The molecule has 108 valence electrons. The third-order valence-electron chi connectivity index (χ3n) is 3.07. The largest absolute Gasteiger partial charge is 0.395 e. The summed E-state index contributed by atoms with van der Waals surface area (Å²) in [5, 5.41) is 20.6. The molecule has 0 aliphatic carbocycles. The maximum Gasteiger partial charge on any atom is 0.271 e. The van der Waals surface area contributed by atoms with Gasteiger partial charge in [-0.1, -0.05) is 0 Å². The molecule has 2 aromatic heterocycles. The quantitative estimate of drug-likeness (QED) is 0.775. The van der Waals surface area contributed by atoms with Crippen LogP contribution in [-0.2, 0) is 6.54 Å². The second kappa shape index (κ2) is 6.06. The van der Waals surface area contributed by atoms with Crippen molar-refractivity contribution in [2.45, 2.75) is 26.5 Å². The minimum atomic E-state index is -0.717. The van der Waals surface area contributed by atoms with E-state index in [1.54, 1.807) is 11.6 Å². The molecule has 7 heteroatoms. The van der Waals surface area contributed by atoms with Crippen LogP contribution in [0.1, 0.15) is 34.8 Å². The monoisotopic (exact) mass is 294 g/mol. The van der Waals surface area contributed by atoms with Crippen LogP contribution >= 0.6 is 11.3 Å². The Labute approximate surface area is 121 Å². The van der Waals surface area contributed by atoms with Gasteiger partial charge in [0.25, 0.3) is 5.91 Å². The Hall–Kier alpha value is -1.86. The molecule has 0 saturated carbocycles. The van der Waals surface area contributed by atoms with Crippen LogP contribution in [0.3, 0.4) is 0 Å². The molecule has 1 atom stereocenters. The molecule has 1 unspecified atom stereocenters. The molecule has 2 aromatic rings. The van der Waals surface area contributed by atoms with Crippen LogP contribution in [0, 0.1) is 6.92 Å². The van der Waals surface area contributed by atoms with Gasteiger partial charge in [-0.2, -0.15) is 16.4 Å². The summed E-state index contributed by atoms with van der Waals surface area (Å²) in [7, 11) is 0. The van der Waals surface area contributed by atoms with E-state index in [0.717, 1.165) is 5.56 Å². The van der Waals surface area contributed by atoms with E-state index < -0.39 is 6.10 Å². The average molecular weight is 294 g/mol. The summed E-state index contributed by atoms with van der Waals surface area (Å²) in [6.45, 7) is 4.36. The Balaban J connectivity index is 2.05. The molecule has 20 heavy (non-hydrogen) atoms. The van der Waals surface area contributed by atoms with E-state index >= 15 is 0 Å². The zero-order valence-electron chi connectivity index (χ0n) is 11.5. The molecule has 0 aromatic carbocycles. The van der Waals surface area contributed by atoms with Gasteiger partial charge in [0.2, 0.25) is 0 Å². The zero-order valence-corrected chi connectivity index (χ0v) is 12.3. The summed E-state index contributed by atoms with van der Waals surface area (Å²) in [5.74, 6) is -0.320. The number of hydrogen-bond donors (Lipinski definition) is 3. The van der Waals surface area contributed by atoms with Crippen LogP contribution in [0.5, 0.6) is 0 Å². The van der Waals surface area contributed by atoms with Gasteiger partial charge in [-0.3, -0.25) is 9.48 Å². The third kappa shape index (κ3) is 2.83. The number of aliphatic hydroxyl groups is 1. The first-order valence-corrected chi connectivity index (χ1v) is 7.30. The molecule has 0 aliphatic heterocycles. The molecule has 0 bridgehead atoms. The standard InChI is InChI=1S/C13H18N4O2S/c1-3-17-12(11(14)8(2)16-17)13(19)15-6-10(18)9-4-5-20-7-9/h4-5,7,10,18H,3,6,14H2,1-2H3,(H,15,19). The lowest BCUT2D eigenvalue weighted by Gasteiger charge is -2.11. The van der Waals surface area contributed by atoms with E-state index in [0.29, 0.717) is 23.6 Å². The lowest BCUT2D eigenvalue weighted by Crippen LogP contribution is -2.30. The van der Waals surface area contributed by atoms with Crippen molar-refractivity contribution in [3.63, 3.8) is 0 Å². The molecule has 0 saturated heterocycles. The normalized spacial score (nSPS) is 12.3. The molecular formula is C13H18N4O2S.